The van der Waals surface area contributed by atoms with Gasteiger partial charge < -0.3 is 30.0 Å². The van der Waals surface area contributed by atoms with Gasteiger partial charge >= 0.3 is 0 Å². The maximum atomic E-state index is 13.0. The topological polar surface area (TPSA) is 142 Å². The van der Waals surface area contributed by atoms with E-state index in [1.54, 1.807) is 12.1 Å². The van der Waals surface area contributed by atoms with Gasteiger partial charge in [-0.25, -0.2) is 4.98 Å². The Kier molecular flexibility index (Phi) is 8.52. The van der Waals surface area contributed by atoms with Crippen LogP contribution in [-0.2, 0) is 17.9 Å². The Morgan fingerprint density at radius 2 is 1.73 bits per heavy atom. The first-order chi connectivity index (χ1) is 19.4. The van der Waals surface area contributed by atoms with Gasteiger partial charge in [0.2, 0.25) is 5.91 Å². The second-order valence-electron chi connectivity index (χ2n) is 10.8. The van der Waals surface area contributed by atoms with Gasteiger partial charge in [-0.2, -0.15) is 0 Å². The van der Waals surface area contributed by atoms with Crippen LogP contribution >= 0.6 is 0 Å². The molecule has 212 valence electrons. The number of nitrogen functional groups attached to an aromatic ring is 1. The molecular formula is C30H39N7O3. The predicted octanol–water partition coefficient (Wildman–Crippen LogP) is 4.19. The molecule has 0 radical (unpaired) electrons. The summed E-state index contributed by atoms with van der Waals surface area (Å²) in [6.07, 6.45) is 7.51. The fourth-order valence-electron chi connectivity index (χ4n) is 5.56. The van der Waals surface area contributed by atoms with E-state index in [0.717, 1.165) is 62.9 Å². The highest BCUT2D eigenvalue weighted by molar-refractivity contribution is 5.98. The van der Waals surface area contributed by atoms with E-state index in [4.69, 9.17) is 31.0 Å². The normalized spacial score (nSPS) is 16.6. The number of nitrogens with two attached hydrogens (primary N) is 1. The molecule has 1 amide bonds. The number of piperidine rings is 1. The van der Waals surface area contributed by atoms with Crippen molar-refractivity contribution in [2.45, 2.75) is 77.2 Å². The molecule has 1 aliphatic heterocycles. The molecule has 10 nitrogen and oxygen atoms in total. The molecule has 3 aromatic rings. The zero-order valence-corrected chi connectivity index (χ0v) is 23.1. The van der Waals surface area contributed by atoms with Crippen molar-refractivity contribution in [1.82, 2.24) is 19.8 Å². The molecule has 40 heavy (non-hydrogen) atoms. The van der Waals surface area contributed by atoms with Crippen LogP contribution in [0.3, 0.4) is 0 Å². The average Bonchev–Trinajstić information content (AvgIpc) is 3.29. The molecular weight excluding hydrogens is 506 g/mol. The van der Waals surface area contributed by atoms with Gasteiger partial charge in [0.15, 0.2) is 0 Å². The highest BCUT2D eigenvalue weighted by Crippen LogP contribution is 2.24. The molecule has 1 saturated heterocycles. The molecule has 0 atom stereocenters. The van der Waals surface area contributed by atoms with Gasteiger partial charge in [-0.3, -0.25) is 15.6 Å². The van der Waals surface area contributed by atoms with E-state index < -0.39 is 0 Å². The first kappa shape index (κ1) is 27.5. The number of rotatable bonds is 9. The van der Waals surface area contributed by atoms with Gasteiger partial charge in [0.05, 0.1) is 16.9 Å². The zero-order chi connectivity index (χ0) is 28.1. The fourth-order valence-corrected chi connectivity index (χ4v) is 5.56. The Balaban J connectivity index is 1.25. The lowest BCUT2D eigenvalue weighted by atomic mass is 9.95. The first-order valence-electron chi connectivity index (χ1n) is 14.2. The number of benzene rings is 2. The lowest BCUT2D eigenvalue weighted by Gasteiger charge is -2.32. The molecule has 1 saturated carbocycles. The minimum Gasteiger partial charge on any atom is -0.490 e. The third-order valence-corrected chi connectivity index (χ3v) is 7.82. The number of amidine groups is 2. The number of fused-ring (bicyclic) bond motifs is 1. The third kappa shape index (κ3) is 6.73. The number of ether oxygens (including phenoxy) is 2. The second kappa shape index (κ2) is 12.4. The quantitative estimate of drug-likeness (QED) is 0.235. The van der Waals surface area contributed by atoms with Gasteiger partial charge in [0.25, 0.3) is 0 Å². The molecule has 5 rings (SSSR count). The number of hydrogen-bond acceptors (Lipinski definition) is 6. The van der Waals surface area contributed by atoms with Crippen molar-refractivity contribution in [1.29, 1.82) is 10.8 Å². The average molecular weight is 546 g/mol. The Morgan fingerprint density at radius 3 is 2.40 bits per heavy atom. The van der Waals surface area contributed by atoms with Gasteiger partial charge in [-0.1, -0.05) is 19.3 Å². The van der Waals surface area contributed by atoms with Crippen LogP contribution in [0.2, 0.25) is 0 Å². The van der Waals surface area contributed by atoms with Crippen LogP contribution < -0.4 is 20.5 Å². The number of imidazole rings is 1. The number of likely N-dealkylation sites (tertiary alicyclic amines) is 1. The summed E-state index contributed by atoms with van der Waals surface area (Å²) in [6, 6.07) is 13.2. The summed E-state index contributed by atoms with van der Waals surface area (Å²) in [5.74, 6) is 2.64. The largest absolute Gasteiger partial charge is 0.490 e. The lowest BCUT2D eigenvalue weighted by Crippen LogP contribution is -2.40. The molecule has 2 aliphatic rings. The molecule has 0 unspecified atom stereocenters. The highest BCUT2D eigenvalue weighted by Gasteiger charge is 2.21. The summed E-state index contributed by atoms with van der Waals surface area (Å²) in [5.41, 5.74) is 7.76. The van der Waals surface area contributed by atoms with E-state index in [1.807, 2.05) is 41.8 Å². The van der Waals surface area contributed by atoms with Crippen molar-refractivity contribution >= 4 is 28.6 Å². The summed E-state index contributed by atoms with van der Waals surface area (Å²) >= 11 is 0. The van der Waals surface area contributed by atoms with Crippen LogP contribution in [0, 0.1) is 10.8 Å². The van der Waals surface area contributed by atoms with E-state index in [0.29, 0.717) is 28.5 Å². The Morgan fingerprint density at radius 1 is 1.02 bits per heavy atom. The highest BCUT2D eigenvalue weighted by atomic mass is 16.5. The smallest absolute Gasteiger partial charge is 0.240 e. The molecule has 2 fully saturated rings. The number of carbonyl (C=O) groups excluding carboxylic acids is 1. The molecule has 2 aromatic carbocycles. The van der Waals surface area contributed by atoms with Crippen molar-refractivity contribution in [3.8, 4) is 11.5 Å². The standard InChI is InChI=1S/C30H39N7O3/c1-20(31)36-15-13-25(14-16-36)40-24-10-8-23(9-11-24)39-19-28-35-26-17-21(30(32)33)7-12-27(26)37(28)18-29(38)34-22-5-3-2-4-6-22/h7-12,17,22,25,31H,2-6,13-16,18-19H2,1H3,(H3,32,33)(H,34,38). The lowest BCUT2D eigenvalue weighted by molar-refractivity contribution is -0.122. The van der Waals surface area contributed by atoms with E-state index in [1.165, 1.54) is 6.42 Å². The van der Waals surface area contributed by atoms with E-state index in [9.17, 15) is 4.79 Å². The second-order valence-corrected chi connectivity index (χ2v) is 10.8. The monoisotopic (exact) mass is 545 g/mol. The Bertz CT molecular complexity index is 1350. The molecule has 1 aromatic heterocycles. The minimum absolute atomic E-state index is 0.0259. The van der Waals surface area contributed by atoms with Gasteiger partial charge in [-0.05, 0) is 62.2 Å². The number of aromatic nitrogens is 2. The van der Waals surface area contributed by atoms with Gasteiger partial charge in [0, 0.05) is 37.5 Å². The summed E-state index contributed by atoms with van der Waals surface area (Å²) in [4.78, 5) is 19.8. The van der Waals surface area contributed by atoms with E-state index >= 15 is 0 Å². The number of carbonyl (C=O) groups is 1. The van der Waals surface area contributed by atoms with Gasteiger partial charge in [0.1, 0.15) is 42.4 Å². The molecule has 0 bridgehead atoms. The molecule has 1 aliphatic carbocycles. The van der Waals surface area contributed by atoms with E-state index in [-0.39, 0.29) is 37.0 Å². The Labute approximate surface area is 234 Å². The minimum atomic E-state index is -0.0359. The van der Waals surface area contributed by atoms with Gasteiger partial charge in [-0.15, -0.1) is 0 Å². The molecule has 10 heteroatoms. The summed E-state index contributed by atoms with van der Waals surface area (Å²) in [6.45, 7) is 3.84. The van der Waals surface area contributed by atoms with E-state index in [2.05, 4.69) is 10.2 Å². The fraction of sp³-hybridized carbons (Fsp3) is 0.467. The molecule has 5 N–H and O–H groups in total. The van der Waals surface area contributed by atoms with Crippen molar-refractivity contribution < 1.29 is 14.3 Å². The SMILES string of the molecule is CC(=N)N1CCC(Oc2ccc(OCc3nc4cc(C(=N)N)ccc4n3CC(=O)NC3CCCCC3)cc2)CC1. The van der Waals surface area contributed by atoms with Crippen molar-refractivity contribution in [2.24, 2.45) is 5.73 Å². The first-order valence-corrected chi connectivity index (χ1v) is 14.2. The third-order valence-electron chi connectivity index (χ3n) is 7.82. The Hall–Kier alpha value is -4.08. The van der Waals surface area contributed by atoms with Crippen LogP contribution in [0.1, 0.15) is 63.3 Å². The maximum absolute atomic E-state index is 13.0. The number of hydrogen-bond donors (Lipinski definition) is 4. The van der Waals surface area contributed by atoms with Crippen LogP contribution in [0.15, 0.2) is 42.5 Å². The van der Waals surface area contributed by atoms with Crippen molar-refractivity contribution in [3.05, 3.63) is 53.9 Å². The zero-order valence-electron chi connectivity index (χ0n) is 23.1. The van der Waals surface area contributed by atoms with Crippen LogP contribution in [0.4, 0.5) is 0 Å². The summed E-state index contributed by atoms with van der Waals surface area (Å²) in [7, 11) is 0. The number of nitrogens with zero attached hydrogens (tertiary/aromatic N) is 3. The van der Waals surface area contributed by atoms with Crippen LogP contribution in [0.25, 0.3) is 11.0 Å². The summed E-state index contributed by atoms with van der Waals surface area (Å²) < 4.78 is 14.1. The van der Waals surface area contributed by atoms with Crippen LogP contribution in [0.5, 0.6) is 11.5 Å². The molecule has 2 heterocycles. The molecule has 0 spiro atoms. The maximum Gasteiger partial charge on any atom is 0.240 e. The summed E-state index contributed by atoms with van der Waals surface area (Å²) in [5, 5.41) is 18.8. The van der Waals surface area contributed by atoms with Crippen molar-refractivity contribution in [3.63, 3.8) is 0 Å². The van der Waals surface area contributed by atoms with Crippen molar-refractivity contribution in [2.75, 3.05) is 13.1 Å². The number of nitrogens with one attached hydrogen (secondary N) is 3. The van der Waals surface area contributed by atoms with Crippen LogP contribution in [-0.4, -0.2) is 57.3 Å². The predicted molar refractivity (Wildman–Crippen MR) is 155 cm³/mol. The number of amides is 1.